The van der Waals surface area contributed by atoms with Crippen LogP contribution in [0.25, 0.3) is 0 Å². The Bertz CT molecular complexity index is 1620. The molecule has 2 bridgehead atoms. The van der Waals surface area contributed by atoms with E-state index in [1.165, 1.54) is 0 Å². The Kier molecular flexibility index (Phi) is 14.3. The first-order chi connectivity index (χ1) is 26.0. The van der Waals surface area contributed by atoms with Crippen LogP contribution < -0.4 is 9.47 Å². The molecule has 294 valence electrons. The van der Waals surface area contributed by atoms with E-state index < -0.39 is 40.7 Å². The van der Waals surface area contributed by atoms with Crippen LogP contribution in [0.15, 0.2) is 78.9 Å². The third kappa shape index (κ3) is 9.50. The van der Waals surface area contributed by atoms with Crippen molar-refractivity contribution in [2.24, 2.45) is 16.7 Å². The maximum atomic E-state index is 15.2. The lowest BCUT2D eigenvalue weighted by Crippen LogP contribution is -2.57. The van der Waals surface area contributed by atoms with E-state index in [1.54, 1.807) is 45.6 Å². The molecule has 3 aromatic carbocycles. The Balaban J connectivity index is 1.51. The number of carbonyl (C=O) groups is 2. The molecular weight excluding hydrogens is 692 g/mol. The zero-order valence-corrected chi connectivity index (χ0v) is 32.7. The fraction of sp³-hybridized carbons (Fsp3) is 0.535. The average Bonchev–Trinajstić information content (AvgIpc) is 3.45. The predicted molar refractivity (Wildman–Crippen MR) is 201 cm³/mol. The summed E-state index contributed by atoms with van der Waals surface area (Å²) in [7, 11) is 4.87. The summed E-state index contributed by atoms with van der Waals surface area (Å²) in [4.78, 5) is 28.9. The van der Waals surface area contributed by atoms with Gasteiger partial charge in [-0.2, -0.15) is 0 Å². The second-order valence-electron chi connectivity index (χ2n) is 15.2. The van der Waals surface area contributed by atoms with Gasteiger partial charge in [0.15, 0.2) is 6.10 Å². The van der Waals surface area contributed by atoms with Gasteiger partial charge in [-0.25, -0.2) is 4.79 Å². The van der Waals surface area contributed by atoms with Crippen molar-refractivity contribution >= 4 is 11.8 Å². The number of fused-ring (bicyclic) bond motifs is 2. The molecule has 0 saturated heterocycles. The molecule has 2 fully saturated rings. The second kappa shape index (κ2) is 18.7. The normalized spacial score (nSPS) is 24.6. The average molecular weight is 749 g/mol. The first kappa shape index (κ1) is 41.3. The topological polar surface area (TPSA) is 117 Å². The minimum Gasteiger partial charge on any atom is -0.497 e. The number of benzene rings is 3. The summed E-state index contributed by atoms with van der Waals surface area (Å²) in [6, 6.07) is 24.0. The first-order valence-electron chi connectivity index (χ1n) is 18.5. The number of hydrogen-bond acceptors (Lipinski definition) is 11. The summed E-state index contributed by atoms with van der Waals surface area (Å²) >= 11 is 0. The molecule has 2 saturated carbocycles. The van der Waals surface area contributed by atoms with Gasteiger partial charge in [0.2, 0.25) is 5.78 Å². The number of ketones is 1. The van der Waals surface area contributed by atoms with Crippen molar-refractivity contribution in [1.29, 1.82) is 0 Å². The largest absolute Gasteiger partial charge is 0.497 e. The van der Waals surface area contributed by atoms with Gasteiger partial charge in [-0.05, 0) is 78.1 Å². The first-order valence-corrected chi connectivity index (χ1v) is 18.5. The maximum Gasteiger partial charge on any atom is 0.338 e. The molecule has 0 heterocycles. The van der Waals surface area contributed by atoms with Crippen molar-refractivity contribution in [1.82, 2.24) is 0 Å². The molecule has 54 heavy (non-hydrogen) atoms. The minimum atomic E-state index is -1.37. The molecule has 2 aliphatic rings. The molecular formula is C43H56O11. The summed E-state index contributed by atoms with van der Waals surface area (Å²) < 4.78 is 54.2. The van der Waals surface area contributed by atoms with Crippen molar-refractivity contribution in [3.8, 4) is 11.5 Å². The number of esters is 1. The van der Waals surface area contributed by atoms with Crippen LogP contribution in [0.3, 0.4) is 0 Å². The zero-order valence-electron chi connectivity index (χ0n) is 32.7. The number of carbonyl (C=O) groups excluding carboxylic acids is 2. The SMILES string of the molecule is COCCOCO[C@@H]1[C@H](OCc2ccc(OC)cc2)[C@H]2CC[C@@](OCOCc3ccc(OC)cc3)(C(=O)[C@H](OC(=O)c3ccccc3)CC1(C)C)C2(C)C. The van der Waals surface area contributed by atoms with Crippen LogP contribution in [0.2, 0.25) is 0 Å². The van der Waals surface area contributed by atoms with Crippen LogP contribution in [0.4, 0.5) is 0 Å². The van der Waals surface area contributed by atoms with Crippen LogP contribution >= 0.6 is 0 Å². The molecule has 0 unspecified atom stereocenters. The number of methoxy groups -OCH3 is 3. The summed E-state index contributed by atoms with van der Waals surface area (Å²) in [5, 5.41) is 0. The molecule has 0 aromatic heterocycles. The monoisotopic (exact) mass is 748 g/mol. The Labute approximate surface area is 319 Å². The van der Waals surface area contributed by atoms with Gasteiger partial charge in [-0.3, -0.25) is 4.79 Å². The molecule has 5 atom stereocenters. The van der Waals surface area contributed by atoms with Crippen molar-refractivity contribution in [2.75, 3.05) is 48.1 Å². The standard InChI is InChI=1S/C43H56O11/c1-41(2)25-36(54-40(45)32-11-9-8-10-12-32)38(44)43(53-29-50-26-30-13-17-33(47-6)18-14-30)22-21-35(42(43,3)4)37(39(41)52-28-49-24-23-46-5)51-27-31-15-19-34(48-7)20-16-31/h8-20,35-37,39H,21-29H2,1-7H3/t35-,36-,37-,39-,43-/m1/s1. The Morgan fingerprint density at radius 2 is 1.37 bits per heavy atom. The lowest BCUT2D eigenvalue weighted by molar-refractivity contribution is -0.213. The van der Waals surface area contributed by atoms with Crippen molar-refractivity contribution < 1.29 is 52.2 Å². The van der Waals surface area contributed by atoms with Gasteiger partial charge >= 0.3 is 5.97 Å². The van der Waals surface area contributed by atoms with Gasteiger partial charge in [0.1, 0.15) is 30.7 Å². The molecule has 0 radical (unpaired) electrons. The van der Waals surface area contributed by atoms with Crippen LogP contribution in [0, 0.1) is 16.7 Å². The van der Waals surface area contributed by atoms with Crippen molar-refractivity contribution in [2.45, 2.75) is 84.1 Å². The van der Waals surface area contributed by atoms with Gasteiger partial charge < -0.3 is 42.6 Å². The van der Waals surface area contributed by atoms with E-state index in [0.717, 1.165) is 22.6 Å². The fourth-order valence-corrected chi connectivity index (χ4v) is 7.94. The number of Topliss-reactive ketones (excluding diaryl/α,β-unsaturated/α-hetero) is 1. The smallest absolute Gasteiger partial charge is 0.338 e. The Morgan fingerprint density at radius 3 is 1.98 bits per heavy atom. The lowest BCUT2D eigenvalue weighted by atomic mass is 9.67. The number of hydrogen-bond donors (Lipinski definition) is 0. The summed E-state index contributed by atoms with van der Waals surface area (Å²) in [5.74, 6) is 0.393. The minimum absolute atomic E-state index is 0.0176. The molecule has 2 aliphatic carbocycles. The molecule has 3 aromatic rings. The molecule has 0 aliphatic heterocycles. The molecule has 11 heteroatoms. The molecule has 0 spiro atoms. The summed E-state index contributed by atoms with van der Waals surface area (Å²) in [5.41, 5.74) is -0.713. The third-order valence-corrected chi connectivity index (χ3v) is 11.1. The van der Waals surface area contributed by atoms with Gasteiger partial charge in [0.05, 0.1) is 58.4 Å². The second-order valence-corrected chi connectivity index (χ2v) is 15.2. The molecule has 0 N–H and O–H groups in total. The summed E-state index contributed by atoms with van der Waals surface area (Å²) in [6.07, 6.45) is -1.14. The zero-order chi connectivity index (χ0) is 38.8. The van der Waals surface area contributed by atoms with Gasteiger partial charge in [-0.15, -0.1) is 0 Å². The highest BCUT2D eigenvalue weighted by molar-refractivity contribution is 5.97. The van der Waals surface area contributed by atoms with E-state index >= 15 is 4.79 Å². The molecule has 5 rings (SSSR count). The highest BCUT2D eigenvalue weighted by atomic mass is 16.7. The van der Waals surface area contributed by atoms with E-state index in [9.17, 15) is 4.79 Å². The van der Waals surface area contributed by atoms with E-state index in [4.69, 9.17) is 42.6 Å². The predicted octanol–water partition coefficient (Wildman–Crippen LogP) is 7.19. The Morgan fingerprint density at radius 1 is 0.741 bits per heavy atom. The van der Waals surface area contributed by atoms with E-state index in [-0.39, 0.29) is 38.3 Å². The molecule has 0 amide bonds. The number of ether oxygens (including phenoxy) is 9. The maximum absolute atomic E-state index is 15.2. The van der Waals surface area contributed by atoms with Gasteiger partial charge in [-0.1, -0.05) is 70.2 Å². The van der Waals surface area contributed by atoms with E-state index in [1.807, 2.05) is 82.3 Å². The van der Waals surface area contributed by atoms with Gasteiger partial charge in [0, 0.05) is 12.5 Å². The van der Waals surface area contributed by atoms with Crippen LogP contribution in [-0.2, 0) is 51.2 Å². The highest BCUT2D eigenvalue weighted by Gasteiger charge is 2.66. The van der Waals surface area contributed by atoms with E-state index in [2.05, 4.69) is 0 Å². The van der Waals surface area contributed by atoms with Crippen LogP contribution in [0.5, 0.6) is 11.5 Å². The van der Waals surface area contributed by atoms with Crippen molar-refractivity contribution in [3.05, 3.63) is 95.6 Å². The molecule has 11 nitrogen and oxygen atoms in total. The fourth-order valence-electron chi connectivity index (χ4n) is 7.94. The number of rotatable bonds is 18. The van der Waals surface area contributed by atoms with E-state index in [0.29, 0.717) is 38.2 Å². The highest BCUT2D eigenvalue weighted by Crippen LogP contribution is 2.58. The summed E-state index contributed by atoms with van der Waals surface area (Å²) in [6.45, 7) is 9.26. The Hall–Kier alpha value is -3.84. The third-order valence-electron chi connectivity index (χ3n) is 11.1. The van der Waals surface area contributed by atoms with Crippen LogP contribution in [-0.4, -0.2) is 83.8 Å². The lowest BCUT2D eigenvalue weighted by Gasteiger charge is -2.46. The quantitative estimate of drug-likeness (QED) is 0.0748. The van der Waals surface area contributed by atoms with Crippen molar-refractivity contribution in [3.63, 3.8) is 0 Å². The van der Waals surface area contributed by atoms with Gasteiger partial charge in [0.25, 0.3) is 0 Å². The van der Waals surface area contributed by atoms with Crippen LogP contribution in [0.1, 0.15) is 68.4 Å².